The molecule has 0 radical (unpaired) electrons. The van der Waals surface area contributed by atoms with Gasteiger partial charge >= 0.3 is 0 Å². The van der Waals surface area contributed by atoms with Gasteiger partial charge in [-0.25, -0.2) is 0 Å². The number of rotatable bonds is 5. The largest absolute Gasteiger partial charge is 0.496 e. The normalized spacial score (nSPS) is 11.7. The highest BCUT2D eigenvalue weighted by molar-refractivity contribution is 9.10. The number of halogens is 1. The van der Waals surface area contributed by atoms with Gasteiger partial charge < -0.3 is 4.74 Å². The number of ether oxygens (including phenoxy) is 1. The average Bonchev–Trinajstić information content (AvgIpc) is 2.62. The van der Waals surface area contributed by atoms with Gasteiger partial charge in [-0.15, -0.1) is 5.54 Å². The van der Waals surface area contributed by atoms with Crippen molar-refractivity contribution in [3.63, 3.8) is 0 Å². The number of hydrogen-bond acceptors (Lipinski definition) is 1. The van der Waals surface area contributed by atoms with Crippen LogP contribution in [0.5, 0.6) is 5.75 Å². The van der Waals surface area contributed by atoms with E-state index < -0.39 is 8.07 Å². The molecule has 0 aromatic heterocycles. The van der Waals surface area contributed by atoms with E-state index in [0.29, 0.717) is 16.6 Å². The highest BCUT2D eigenvalue weighted by Gasteiger charge is 2.41. The summed E-state index contributed by atoms with van der Waals surface area (Å²) in [5, 5.41) is 0. The quantitative estimate of drug-likeness (QED) is 0.340. The Bertz CT molecular complexity index is 821. The molecular weight excluding hydrogens is 412 g/mol. The van der Waals surface area contributed by atoms with Crippen LogP contribution in [0.2, 0.25) is 16.6 Å². The molecule has 0 unspecified atom stereocenters. The molecule has 0 spiro atoms. The molecule has 0 aliphatic carbocycles. The maximum absolute atomic E-state index is 5.48. The van der Waals surface area contributed by atoms with Crippen molar-refractivity contribution in [2.75, 3.05) is 7.11 Å². The topological polar surface area (TPSA) is 9.23 Å². The van der Waals surface area contributed by atoms with Crippen LogP contribution >= 0.6 is 15.9 Å². The lowest BCUT2D eigenvalue weighted by molar-refractivity contribution is 0.412. The molecule has 0 aliphatic rings. The highest BCUT2D eigenvalue weighted by Crippen LogP contribution is 2.41. The van der Waals surface area contributed by atoms with Gasteiger partial charge in [-0.3, -0.25) is 0 Å². The van der Waals surface area contributed by atoms with Crippen molar-refractivity contribution in [2.24, 2.45) is 0 Å². The Hall–Kier alpha value is -1.50. The van der Waals surface area contributed by atoms with Gasteiger partial charge in [0.1, 0.15) is 13.8 Å². The summed E-state index contributed by atoms with van der Waals surface area (Å²) in [6, 6.07) is 14.5. The fourth-order valence-electron chi connectivity index (χ4n) is 4.31. The minimum Gasteiger partial charge on any atom is -0.496 e. The molecule has 0 saturated heterocycles. The zero-order valence-electron chi connectivity index (χ0n) is 17.6. The molecule has 0 atom stereocenters. The van der Waals surface area contributed by atoms with E-state index >= 15 is 0 Å². The molecule has 2 aromatic carbocycles. The van der Waals surface area contributed by atoms with Gasteiger partial charge in [0.2, 0.25) is 0 Å². The summed E-state index contributed by atoms with van der Waals surface area (Å²) in [6.07, 6.45) is 0. The van der Waals surface area contributed by atoms with Crippen LogP contribution < -0.4 is 4.74 Å². The van der Waals surface area contributed by atoms with E-state index in [1.54, 1.807) is 7.11 Å². The van der Waals surface area contributed by atoms with E-state index in [1.165, 1.54) is 0 Å². The highest BCUT2D eigenvalue weighted by atomic mass is 79.9. The lowest BCUT2D eigenvalue weighted by Gasteiger charge is -2.38. The van der Waals surface area contributed by atoms with Crippen LogP contribution in [0, 0.1) is 11.5 Å². The Kier molecular flexibility index (Phi) is 7.37. The first-order chi connectivity index (χ1) is 12.8. The second-order valence-corrected chi connectivity index (χ2v) is 14.4. The van der Waals surface area contributed by atoms with Gasteiger partial charge in [0, 0.05) is 11.1 Å². The SMILES string of the molecule is COc1cccc(-c2ccccc2C#C[Si](C(C)C)(C(C)C)C(C)C)c1Br. The zero-order valence-corrected chi connectivity index (χ0v) is 20.1. The standard InChI is InChI=1S/C24H31BrOSi/c1-17(2)27(18(3)4,19(5)6)16-15-20-11-8-9-12-21(20)22-13-10-14-23(26-7)24(22)25/h8-14,17-19H,1-7H3. The minimum atomic E-state index is -1.76. The first kappa shape index (κ1) is 21.8. The Balaban J connectivity index is 2.63. The number of benzene rings is 2. The molecule has 0 bridgehead atoms. The van der Waals surface area contributed by atoms with Crippen molar-refractivity contribution in [2.45, 2.75) is 58.2 Å². The molecule has 0 fully saturated rings. The molecule has 2 rings (SSSR count). The van der Waals surface area contributed by atoms with Gasteiger partial charge in [-0.2, -0.15) is 0 Å². The summed E-state index contributed by atoms with van der Waals surface area (Å²) in [4.78, 5) is 0. The van der Waals surface area contributed by atoms with E-state index in [-0.39, 0.29) is 0 Å². The molecule has 0 saturated carbocycles. The van der Waals surface area contributed by atoms with Crippen LogP contribution in [-0.4, -0.2) is 15.2 Å². The van der Waals surface area contributed by atoms with Crippen molar-refractivity contribution >= 4 is 24.0 Å². The Morgan fingerprint density at radius 1 is 0.815 bits per heavy atom. The van der Waals surface area contributed by atoms with Crippen molar-refractivity contribution < 1.29 is 4.74 Å². The average molecular weight is 444 g/mol. The number of methoxy groups -OCH3 is 1. The molecule has 27 heavy (non-hydrogen) atoms. The van der Waals surface area contributed by atoms with Crippen LogP contribution in [0.3, 0.4) is 0 Å². The van der Waals surface area contributed by atoms with E-state index in [0.717, 1.165) is 26.9 Å². The maximum Gasteiger partial charge on any atom is 0.146 e. The third kappa shape index (κ3) is 4.33. The third-order valence-electron chi connectivity index (χ3n) is 5.68. The summed E-state index contributed by atoms with van der Waals surface area (Å²) >= 11 is 3.71. The summed E-state index contributed by atoms with van der Waals surface area (Å²) < 4.78 is 6.45. The molecule has 3 heteroatoms. The van der Waals surface area contributed by atoms with Crippen molar-refractivity contribution in [3.8, 4) is 28.3 Å². The summed E-state index contributed by atoms with van der Waals surface area (Å²) in [5.74, 6) is 4.45. The summed E-state index contributed by atoms with van der Waals surface area (Å²) in [7, 11) is -0.0653. The van der Waals surface area contributed by atoms with E-state index in [2.05, 4.69) is 99.3 Å². The van der Waals surface area contributed by atoms with E-state index in [9.17, 15) is 0 Å². The fraction of sp³-hybridized carbons (Fsp3) is 0.417. The smallest absolute Gasteiger partial charge is 0.146 e. The van der Waals surface area contributed by atoms with Gasteiger partial charge in [0.05, 0.1) is 11.6 Å². The molecule has 2 aromatic rings. The molecule has 0 N–H and O–H groups in total. The van der Waals surface area contributed by atoms with Crippen LogP contribution in [-0.2, 0) is 0 Å². The Labute approximate surface area is 174 Å². The van der Waals surface area contributed by atoms with Crippen LogP contribution in [0.15, 0.2) is 46.9 Å². The van der Waals surface area contributed by atoms with Crippen LogP contribution in [0.1, 0.15) is 47.1 Å². The van der Waals surface area contributed by atoms with Crippen molar-refractivity contribution in [1.29, 1.82) is 0 Å². The monoisotopic (exact) mass is 442 g/mol. The van der Waals surface area contributed by atoms with E-state index in [4.69, 9.17) is 4.74 Å². The lowest BCUT2D eigenvalue weighted by atomic mass is 10.00. The molecule has 0 amide bonds. The Morgan fingerprint density at radius 2 is 1.37 bits per heavy atom. The van der Waals surface area contributed by atoms with Crippen LogP contribution in [0.4, 0.5) is 0 Å². The van der Waals surface area contributed by atoms with Gasteiger partial charge in [-0.1, -0.05) is 77.8 Å². The van der Waals surface area contributed by atoms with Gasteiger partial charge in [0.15, 0.2) is 0 Å². The first-order valence-electron chi connectivity index (χ1n) is 9.70. The Morgan fingerprint density at radius 3 is 1.93 bits per heavy atom. The van der Waals surface area contributed by atoms with Crippen molar-refractivity contribution in [3.05, 3.63) is 52.5 Å². The lowest BCUT2D eigenvalue weighted by Crippen LogP contribution is -2.43. The summed E-state index contributed by atoms with van der Waals surface area (Å²) in [5.41, 5.74) is 9.08. The second-order valence-electron chi connectivity index (χ2n) is 8.01. The predicted octanol–water partition coefficient (Wildman–Crippen LogP) is 7.69. The minimum absolute atomic E-state index is 0.626. The molecular formula is C24H31BrOSi. The zero-order chi connectivity index (χ0) is 20.2. The molecule has 1 nitrogen and oxygen atoms in total. The first-order valence-corrected chi connectivity index (χ1v) is 12.7. The summed E-state index contributed by atoms with van der Waals surface area (Å²) in [6.45, 7) is 14.1. The number of hydrogen-bond donors (Lipinski definition) is 0. The second kappa shape index (κ2) is 9.13. The molecule has 144 valence electrons. The van der Waals surface area contributed by atoms with Crippen molar-refractivity contribution in [1.82, 2.24) is 0 Å². The molecule has 0 aliphatic heterocycles. The maximum atomic E-state index is 5.48. The van der Waals surface area contributed by atoms with Gasteiger partial charge in [-0.05, 0) is 50.2 Å². The van der Waals surface area contributed by atoms with Crippen LogP contribution in [0.25, 0.3) is 11.1 Å². The van der Waals surface area contributed by atoms with Gasteiger partial charge in [0.25, 0.3) is 0 Å². The third-order valence-corrected chi connectivity index (χ3v) is 12.8. The fourth-order valence-corrected chi connectivity index (χ4v) is 10.2. The predicted molar refractivity (Wildman–Crippen MR) is 124 cm³/mol. The van der Waals surface area contributed by atoms with E-state index in [1.807, 2.05) is 12.1 Å². The molecule has 0 heterocycles.